The lowest BCUT2D eigenvalue weighted by Gasteiger charge is -2.24. The first-order chi connectivity index (χ1) is 8.70. The summed E-state index contributed by atoms with van der Waals surface area (Å²) < 4.78 is 15.9. The maximum Gasteiger partial charge on any atom is 0.337 e. The summed E-state index contributed by atoms with van der Waals surface area (Å²) in [5.74, 6) is 0.414. The molecule has 1 saturated heterocycles. The molecule has 4 heteroatoms. The molecule has 0 saturated carbocycles. The van der Waals surface area contributed by atoms with Gasteiger partial charge in [0.15, 0.2) is 0 Å². The Labute approximate surface area is 107 Å². The Morgan fingerprint density at radius 1 is 1.33 bits per heavy atom. The van der Waals surface area contributed by atoms with Gasteiger partial charge in [0.2, 0.25) is 0 Å². The molecule has 1 aliphatic heterocycles. The lowest BCUT2D eigenvalue weighted by atomic mass is 10.1. The lowest BCUT2D eigenvalue weighted by Crippen LogP contribution is -2.26. The highest BCUT2D eigenvalue weighted by molar-refractivity contribution is 5.89. The predicted octanol–water partition coefficient (Wildman–Crippen LogP) is 2.34. The van der Waals surface area contributed by atoms with Crippen molar-refractivity contribution in [3.63, 3.8) is 0 Å². The predicted molar refractivity (Wildman–Crippen MR) is 67.0 cm³/mol. The Kier molecular flexibility index (Phi) is 4.20. The van der Waals surface area contributed by atoms with Gasteiger partial charge in [0.25, 0.3) is 0 Å². The van der Waals surface area contributed by atoms with E-state index in [2.05, 4.69) is 0 Å². The molecule has 1 aromatic rings. The Morgan fingerprint density at radius 2 is 2.06 bits per heavy atom. The van der Waals surface area contributed by atoms with Crippen LogP contribution in [0.15, 0.2) is 18.2 Å². The van der Waals surface area contributed by atoms with Gasteiger partial charge in [-0.2, -0.15) is 0 Å². The Morgan fingerprint density at radius 3 is 2.72 bits per heavy atom. The normalized spacial score (nSPS) is 16.3. The van der Waals surface area contributed by atoms with Crippen molar-refractivity contribution in [1.29, 1.82) is 0 Å². The monoisotopic (exact) mass is 250 g/mol. The van der Waals surface area contributed by atoms with Gasteiger partial charge in [-0.25, -0.2) is 4.79 Å². The van der Waals surface area contributed by atoms with Gasteiger partial charge in [0.1, 0.15) is 11.9 Å². The minimum absolute atomic E-state index is 0.172. The van der Waals surface area contributed by atoms with Crippen molar-refractivity contribution in [2.24, 2.45) is 0 Å². The summed E-state index contributed by atoms with van der Waals surface area (Å²) in [6.45, 7) is 3.44. The second kappa shape index (κ2) is 5.87. The molecule has 1 heterocycles. The molecule has 2 rings (SSSR count). The molecule has 0 radical (unpaired) electrons. The number of rotatable bonds is 3. The van der Waals surface area contributed by atoms with Crippen LogP contribution in [0.5, 0.6) is 5.75 Å². The van der Waals surface area contributed by atoms with Crippen molar-refractivity contribution in [3.05, 3.63) is 29.3 Å². The topological polar surface area (TPSA) is 44.8 Å². The van der Waals surface area contributed by atoms with Crippen molar-refractivity contribution in [2.45, 2.75) is 25.9 Å². The van der Waals surface area contributed by atoms with E-state index >= 15 is 0 Å². The van der Waals surface area contributed by atoms with Gasteiger partial charge in [0, 0.05) is 12.8 Å². The summed E-state index contributed by atoms with van der Waals surface area (Å²) in [5, 5.41) is 0. The summed E-state index contributed by atoms with van der Waals surface area (Å²) in [7, 11) is 1.38. The molecular weight excluding hydrogens is 232 g/mol. The Bertz CT molecular complexity index is 422. The Hall–Kier alpha value is -1.55. The number of carbonyl (C=O) groups is 1. The zero-order valence-electron chi connectivity index (χ0n) is 10.8. The summed E-state index contributed by atoms with van der Waals surface area (Å²) in [4.78, 5) is 11.5. The van der Waals surface area contributed by atoms with Crippen LogP contribution in [0, 0.1) is 6.92 Å². The third kappa shape index (κ3) is 3.01. The summed E-state index contributed by atoms with van der Waals surface area (Å²) in [5.41, 5.74) is 1.54. The number of carbonyl (C=O) groups excluding carboxylic acids is 1. The van der Waals surface area contributed by atoms with E-state index in [1.165, 1.54) is 7.11 Å². The highest BCUT2D eigenvalue weighted by Crippen LogP contribution is 2.24. The van der Waals surface area contributed by atoms with Gasteiger partial charge in [-0.15, -0.1) is 0 Å². The highest BCUT2D eigenvalue weighted by atomic mass is 16.5. The molecule has 0 amide bonds. The third-order valence-corrected chi connectivity index (χ3v) is 3.07. The fourth-order valence-corrected chi connectivity index (χ4v) is 1.95. The number of hydrogen-bond donors (Lipinski definition) is 0. The van der Waals surface area contributed by atoms with Crippen LogP contribution in [-0.2, 0) is 9.47 Å². The molecule has 4 nitrogen and oxygen atoms in total. The first kappa shape index (κ1) is 12.9. The first-order valence-electron chi connectivity index (χ1n) is 6.14. The second-order valence-electron chi connectivity index (χ2n) is 4.40. The molecule has 0 bridgehead atoms. The number of methoxy groups -OCH3 is 1. The molecule has 0 spiro atoms. The van der Waals surface area contributed by atoms with E-state index in [-0.39, 0.29) is 12.1 Å². The van der Waals surface area contributed by atoms with Gasteiger partial charge in [-0.05, 0) is 24.6 Å². The number of hydrogen-bond acceptors (Lipinski definition) is 4. The zero-order valence-corrected chi connectivity index (χ0v) is 10.8. The molecule has 0 atom stereocenters. The smallest absolute Gasteiger partial charge is 0.337 e. The fraction of sp³-hybridized carbons (Fsp3) is 0.500. The number of ether oxygens (including phenoxy) is 3. The molecular formula is C14H18O4. The van der Waals surface area contributed by atoms with Crippen LogP contribution in [0.25, 0.3) is 0 Å². The van der Waals surface area contributed by atoms with Gasteiger partial charge >= 0.3 is 5.97 Å². The molecule has 98 valence electrons. The largest absolute Gasteiger partial charge is 0.490 e. The summed E-state index contributed by atoms with van der Waals surface area (Å²) >= 11 is 0. The van der Waals surface area contributed by atoms with Crippen LogP contribution in [0.1, 0.15) is 28.8 Å². The molecule has 18 heavy (non-hydrogen) atoms. The molecule has 1 aliphatic rings. The number of esters is 1. The maximum atomic E-state index is 11.5. The van der Waals surface area contributed by atoms with Crippen molar-refractivity contribution in [2.75, 3.05) is 20.3 Å². The van der Waals surface area contributed by atoms with E-state index in [0.29, 0.717) is 5.56 Å². The van der Waals surface area contributed by atoms with Crippen LogP contribution in [0.2, 0.25) is 0 Å². The number of aryl methyl sites for hydroxylation is 1. The van der Waals surface area contributed by atoms with E-state index in [9.17, 15) is 4.79 Å². The van der Waals surface area contributed by atoms with Gasteiger partial charge in [-0.1, -0.05) is 6.07 Å². The van der Waals surface area contributed by atoms with Gasteiger partial charge < -0.3 is 14.2 Å². The fourth-order valence-electron chi connectivity index (χ4n) is 1.95. The Balaban J connectivity index is 2.12. The van der Waals surface area contributed by atoms with E-state index < -0.39 is 0 Å². The number of benzene rings is 1. The zero-order chi connectivity index (χ0) is 13.0. The van der Waals surface area contributed by atoms with E-state index in [1.807, 2.05) is 13.0 Å². The van der Waals surface area contributed by atoms with Gasteiger partial charge in [-0.3, -0.25) is 0 Å². The van der Waals surface area contributed by atoms with Crippen LogP contribution in [0.3, 0.4) is 0 Å². The van der Waals surface area contributed by atoms with Crippen molar-refractivity contribution >= 4 is 5.97 Å². The van der Waals surface area contributed by atoms with Crippen LogP contribution < -0.4 is 4.74 Å². The average molecular weight is 250 g/mol. The lowest BCUT2D eigenvalue weighted by molar-refractivity contribution is 0.0251. The van der Waals surface area contributed by atoms with Crippen LogP contribution >= 0.6 is 0 Å². The molecule has 0 unspecified atom stereocenters. The standard InChI is InChI=1S/C14H18O4/c1-10-3-4-11(14(15)16-2)9-13(10)18-12-5-7-17-8-6-12/h3-4,9,12H,5-8H2,1-2H3. The molecule has 0 N–H and O–H groups in total. The van der Waals surface area contributed by atoms with E-state index in [4.69, 9.17) is 14.2 Å². The van der Waals surface area contributed by atoms with Crippen molar-refractivity contribution in [3.8, 4) is 5.75 Å². The third-order valence-electron chi connectivity index (χ3n) is 3.07. The molecule has 0 aliphatic carbocycles. The minimum Gasteiger partial charge on any atom is -0.490 e. The van der Waals surface area contributed by atoms with Crippen LogP contribution in [0.4, 0.5) is 0 Å². The van der Waals surface area contributed by atoms with Crippen molar-refractivity contribution in [1.82, 2.24) is 0 Å². The molecule has 1 fully saturated rings. The first-order valence-corrected chi connectivity index (χ1v) is 6.14. The average Bonchev–Trinajstić information content (AvgIpc) is 2.41. The van der Waals surface area contributed by atoms with Gasteiger partial charge in [0.05, 0.1) is 25.9 Å². The van der Waals surface area contributed by atoms with E-state index in [0.717, 1.165) is 37.4 Å². The quantitative estimate of drug-likeness (QED) is 0.772. The summed E-state index contributed by atoms with van der Waals surface area (Å²) in [6, 6.07) is 5.37. The van der Waals surface area contributed by atoms with Crippen molar-refractivity contribution < 1.29 is 19.0 Å². The minimum atomic E-state index is -0.341. The van der Waals surface area contributed by atoms with E-state index in [1.54, 1.807) is 12.1 Å². The highest BCUT2D eigenvalue weighted by Gasteiger charge is 2.17. The van der Waals surface area contributed by atoms with Crippen LogP contribution in [-0.4, -0.2) is 32.4 Å². The molecule has 0 aromatic heterocycles. The molecule has 1 aromatic carbocycles. The second-order valence-corrected chi connectivity index (χ2v) is 4.40. The SMILES string of the molecule is COC(=O)c1ccc(C)c(OC2CCOCC2)c1. The maximum absolute atomic E-state index is 11.5. The summed E-state index contributed by atoms with van der Waals surface area (Å²) in [6.07, 6.45) is 1.95.